The zero-order valence-electron chi connectivity index (χ0n) is 18.1. The molecular formula is C28H23N2OP. The van der Waals surface area contributed by atoms with Gasteiger partial charge < -0.3 is 0 Å². The Hall–Kier alpha value is -3.55. The van der Waals surface area contributed by atoms with Crippen molar-refractivity contribution in [3.05, 3.63) is 125 Å². The van der Waals surface area contributed by atoms with E-state index in [-0.39, 0.29) is 5.56 Å². The van der Waals surface area contributed by atoms with E-state index in [0.29, 0.717) is 10.9 Å². The molecule has 0 unspecified atom stereocenters. The number of rotatable bonds is 4. The SMILES string of the molecule is Cc1cc(C)c(-n2cnc3ccccc3c2=O)c(P(c2ccccc2)c2ccccc2)c1. The van der Waals surface area contributed by atoms with Crippen LogP contribution >= 0.6 is 7.92 Å². The molecule has 0 radical (unpaired) electrons. The summed E-state index contributed by atoms with van der Waals surface area (Å²) >= 11 is 0. The van der Waals surface area contributed by atoms with Gasteiger partial charge >= 0.3 is 0 Å². The van der Waals surface area contributed by atoms with Crippen LogP contribution in [0.5, 0.6) is 0 Å². The van der Waals surface area contributed by atoms with E-state index in [0.717, 1.165) is 16.6 Å². The second-order valence-corrected chi connectivity index (χ2v) is 10.1. The molecule has 0 bridgehead atoms. The minimum absolute atomic E-state index is 0.0418. The maximum absolute atomic E-state index is 13.5. The number of aromatic nitrogens is 2. The van der Waals surface area contributed by atoms with Crippen molar-refractivity contribution in [2.24, 2.45) is 0 Å². The molecule has 32 heavy (non-hydrogen) atoms. The molecule has 4 aromatic carbocycles. The molecular weight excluding hydrogens is 411 g/mol. The minimum atomic E-state index is -0.866. The van der Waals surface area contributed by atoms with Crippen LogP contribution in [0.3, 0.4) is 0 Å². The van der Waals surface area contributed by atoms with Gasteiger partial charge in [-0.2, -0.15) is 0 Å². The van der Waals surface area contributed by atoms with Gasteiger partial charge in [0.15, 0.2) is 0 Å². The van der Waals surface area contributed by atoms with Gasteiger partial charge in [0.25, 0.3) is 5.56 Å². The van der Waals surface area contributed by atoms with Crippen LogP contribution in [0, 0.1) is 13.8 Å². The van der Waals surface area contributed by atoms with Gasteiger partial charge in [-0.25, -0.2) is 4.98 Å². The normalized spacial score (nSPS) is 11.2. The number of para-hydroxylation sites is 1. The first kappa shape index (κ1) is 20.4. The van der Waals surface area contributed by atoms with E-state index in [4.69, 9.17) is 0 Å². The van der Waals surface area contributed by atoms with Crippen molar-refractivity contribution in [2.75, 3.05) is 0 Å². The number of fused-ring (bicyclic) bond motifs is 1. The summed E-state index contributed by atoms with van der Waals surface area (Å²) in [6.45, 7) is 4.20. The predicted molar refractivity (Wildman–Crippen MR) is 136 cm³/mol. The van der Waals surface area contributed by atoms with Crippen LogP contribution < -0.4 is 21.5 Å². The fraction of sp³-hybridized carbons (Fsp3) is 0.0714. The highest BCUT2D eigenvalue weighted by molar-refractivity contribution is 7.80. The minimum Gasteiger partial charge on any atom is -0.268 e. The molecule has 4 heteroatoms. The lowest BCUT2D eigenvalue weighted by atomic mass is 10.1. The Bertz CT molecular complexity index is 1420. The van der Waals surface area contributed by atoms with E-state index in [1.54, 1.807) is 10.9 Å². The Morgan fingerprint density at radius 1 is 0.750 bits per heavy atom. The molecule has 1 aromatic heterocycles. The number of benzene rings is 4. The average Bonchev–Trinajstić information content (AvgIpc) is 2.82. The number of nitrogens with zero attached hydrogens (tertiary/aromatic N) is 2. The number of hydrogen-bond acceptors (Lipinski definition) is 2. The Morgan fingerprint density at radius 3 is 2.00 bits per heavy atom. The van der Waals surface area contributed by atoms with Crippen LogP contribution in [-0.4, -0.2) is 9.55 Å². The van der Waals surface area contributed by atoms with Gasteiger partial charge in [0, 0.05) is 5.30 Å². The van der Waals surface area contributed by atoms with E-state index in [2.05, 4.69) is 79.5 Å². The van der Waals surface area contributed by atoms with Crippen LogP contribution in [0.1, 0.15) is 11.1 Å². The average molecular weight is 434 g/mol. The van der Waals surface area contributed by atoms with Crippen LogP contribution in [0.4, 0.5) is 0 Å². The molecule has 156 valence electrons. The molecule has 0 saturated heterocycles. The maximum atomic E-state index is 13.5. The molecule has 0 aliphatic heterocycles. The molecule has 3 nitrogen and oxygen atoms in total. The second-order valence-electron chi connectivity index (χ2n) is 7.89. The summed E-state index contributed by atoms with van der Waals surface area (Å²) in [5, 5.41) is 4.29. The van der Waals surface area contributed by atoms with Crippen LogP contribution in [0.25, 0.3) is 16.6 Å². The molecule has 0 aliphatic rings. The lowest BCUT2D eigenvalue weighted by Crippen LogP contribution is -2.29. The molecule has 0 spiro atoms. The first-order valence-electron chi connectivity index (χ1n) is 10.6. The summed E-state index contributed by atoms with van der Waals surface area (Å²) in [7, 11) is -0.866. The molecule has 0 atom stereocenters. The first-order chi connectivity index (χ1) is 15.6. The van der Waals surface area contributed by atoms with Crippen molar-refractivity contribution in [1.82, 2.24) is 9.55 Å². The lowest BCUT2D eigenvalue weighted by molar-refractivity contribution is 0.958. The van der Waals surface area contributed by atoms with Gasteiger partial charge in [0.05, 0.1) is 16.6 Å². The summed E-state index contributed by atoms with van der Waals surface area (Å²) in [6.07, 6.45) is 1.68. The summed E-state index contributed by atoms with van der Waals surface area (Å²) in [5.74, 6) is 0. The van der Waals surface area contributed by atoms with E-state index < -0.39 is 7.92 Å². The Morgan fingerprint density at radius 2 is 1.34 bits per heavy atom. The van der Waals surface area contributed by atoms with Gasteiger partial charge in [-0.05, 0) is 56.1 Å². The van der Waals surface area contributed by atoms with Crippen LogP contribution in [-0.2, 0) is 0 Å². The number of hydrogen-bond donors (Lipinski definition) is 0. The molecule has 0 N–H and O–H groups in total. The molecule has 5 rings (SSSR count). The highest BCUT2D eigenvalue weighted by Gasteiger charge is 2.23. The lowest BCUT2D eigenvalue weighted by Gasteiger charge is -2.25. The Kier molecular flexibility index (Phi) is 5.43. The third-order valence-corrected chi connectivity index (χ3v) is 8.05. The summed E-state index contributed by atoms with van der Waals surface area (Å²) in [6, 6.07) is 33.0. The smallest absolute Gasteiger partial charge is 0.265 e. The summed E-state index contributed by atoms with van der Waals surface area (Å²) < 4.78 is 1.73. The highest BCUT2D eigenvalue weighted by Crippen LogP contribution is 2.36. The second kappa shape index (κ2) is 8.53. The maximum Gasteiger partial charge on any atom is 0.265 e. The first-order valence-corrected chi connectivity index (χ1v) is 12.0. The molecule has 0 amide bonds. The van der Waals surface area contributed by atoms with Gasteiger partial charge in [0.2, 0.25) is 0 Å². The molecule has 0 aliphatic carbocycles. The molecule has 0 fully saturated rings. The van der Waals surface area contributed by atoms with Crippen LogP contribution in [0.2, 0.25) is 0 Å². The summed E-state index contributed by atoms with van der Waals surface area (Å²) in [4.78, 5) is 18.1. The fourth-order valence-corrected chi connectivity index (χ4v) is 6.85. The van der Waals surface area contributed by atoms with Crippen LogP contribution in [0.15, 0.2) is 108 Å². The van der Waals surface area contributed by atoms with Gasteiger partial charge in [-0.3, -0.25) is 9.36 Å². The number of aryl methyl sites for hydroxylation is 2. The van der Waals surface area contributed by atoms with Crippen molar-refractivity contribution in [2.45, 2.75) is 13.8 Å². The van der Waals surface area contributed by atoms with Crippen molar-refractivity contribution in [3.63, 3.8) is 0 Å². The monoisotopic (exact) mass is 434 g/mol. The Balaban J connectivity index is 1.84. The Labute approximate surface area is 188 Å². The van der Waals surface area contributed by atoms with Crippen molar-refractivity contribution in [1.29, 1.82) is 0 Å². The fourth-order valence-electron chi connectivity index (χ4n) is 4.23. The third kappa shape index (κ3) is 3.66. The predicted octanol–water partition coefficient (Wildman–Crippen LogP) is 4.76. The van der Waals surface area contributed by atoms with Gasteiger partial charge in [-0.15, -0.1) is 0 Å². The van der Waals surface area contributed by atoms with E-state index in [1.165, 1.54) is 16.2 Å². The van der Waals surface area contributed by atoms with Gasteiger partial charge in [-0.1, -0.05) is 84.4 Å². The molecule has 1 heterocycles. The third-order valence-electron chi connectivity index (χ3n) is 5.60. The zero-order chi connectivity index (χ0) is 22.1. The topological polar surface area (TPSA) is 34.9 Å². The van der Waals surface area contributed by atoms with Gasteiger partial charge in [0.1, 0.15) is 6.33 Å². The largest absolute Gasteiger partial charge is 0.268 e. The summed E-state index contributed by atoms with van der Waals surface area (Å²) in [5.41, 5.74) is 3.85. The van der Waals surface area contributed by atoms with E-state index >= 15 is 0 Å². The highest BCUT2D eigenvalue weighted by atomic mass is 31.1. The zero-order valence-corrected chi connectivity index (χ0v) is 19.0. The van der Waals surface area contributed by atoms with Crippen molar-refractivity contribution >= 4 is 34.7 Å². The quantitative estimate of drug-likeness (QED) is 0.382. The van der Waals surface area contributed by atoms with E-state index in [9.17, 15) is 4.79 Å². The van der Waals surface area contributed by atoms with Crippen molar-refractivity contribution < 1.29 is 0 Å². The van der Waals surface area contributed by atoms with Crippen molar-refractivity contribution in [3.8, 4) is 5.69 Å². The molecule has 0 saturated carbocycles. The van der Waals surface area contributed by atoms with E-state index in [1.807, 2.05) is 36.4 Å². The standard InChI is InChI=1S/C28H23N2OP/c1-20-17-21(2)27(30-19-29-25-16-10-9-15-24(25)28(30)31)26(18-20)32(22-11-5-3-6-12-22)23-13-7-4-8-14-23/h3-19H,1-2H3. The molecule has 5 aromatic rings.